The molecule has 0 radical (unpaired) electrons. The van der Waals surface area contributed by atoms with E-state index >= 15 is 0 Å². The molecule has 0 aromatic carbocycles. The zero-order chi connectivity index (χ0) is 9.84. The summed E-state index contributed by atoms with van der Waals surface area (Å²) in [5, 5.41) is 0. The van der Waals surface area contributed by atoms with Crippen molar-refractivity contribution in [2.45, 2.75) is 13.3 Å². The molecule has 1 atom stereocenters. The standard InChI is InChI=1S/C9H13NOS2/c1-3-7(2)6-8(11)10-4-5-13-9(10)12/h3,7H,1,4-6H2,2H3/t7-/m0/s1. The molecule has 4 heteroatoms. The van der Waals surface area contributed by atoms with Crippen molar-refractivity contribution in [3.63, 3.8) is 0 Å². The van der Waals surface area contributed by atoms with E-state index in [9.17, 15) is 4.79 Å². The number of hydrogen-bond donors (Lipinski definition) is 0. The number of carbonyl (C=O) groups excluding carboxylic acids is 1. The second-order valence-electron chi connectivity index (χ2n) is 3.08. The van der Waals surface area contributed by atoms with Crippen LogP contribution in [0.3, 0.4) is 0 Å². The molecule has 0 aromatic heterocycles. The summed E-state index contributed by atoms with van der Waals surface area (Å²) in [6.07, 6.45) is 2.31. The van der Waals surface area contributed by atoms with E-state index in [4.69, 9.17) is 12.2 Å². The molecule has 1 fully saturated rings. The molecule has 13 heavy (non-hydrogen) atoms. The van der Waals surface area contributed by atoms with Gasteiger partial charge in [-0.15, -0.1) is 6.58 Å². The van der Waals surface area contributed by atoms with Gasteiger partial charge in [0.25, 0.3) is 0 Å². The van der Waals surface area contributed by atoms with Crippen LogP contribution in [0.15, 0.2) is 12.7 Å². The first-order valence-corrected chi connectivity index (χ1v) is 5.64. The fourth-order valence-electron chi connectivity index (χ4n) is 1.09. The smallest absolute Gasteiger partial charge is 0.228 e. The maximum Gasteiger partial charge on any atom is 0.228 e. The molecular weight excluding hydrogens is 202 g/mol. The Kier molecular flexibility index (Phi) is 3.93. The Morgan fingerprint density at radius 3 is 3.08 bits per heavy atom. The highest BCUT2D eigenvalue weighted by Crippen LogP contribution is 2.19. The van der Waals surface area contributed by atoms with Crippen LogP contribution < -0.4 is 0 Å². The van der Waals surface area contributed by atoms with Crippen LogP contribution in [-0.2, 0) is 4.79 Å². The molecule has 2 nitrogen and oxygen atoms in total. The number of carbonyl (C=O) groups is 1. The molecule has 1 aliphatic rings. The lowest BCUT2D eigenvalue weighted by atomic mass is 10.1. The highest BCUT2D eigenvalue weighted by molar-refractivity contribution is 8.23. The van der Waals surface area contributed by atoms with Gasteiger partial charge in [0.05, 0.1) is 0 Å². The van der Waals surface area contributed by atoms with Crippen molar-refractivity contribution in [2.75, 3.05) is 12.3 Å². The van der Waals surface area contributed by atoms with Crippen LogP contribution in [0, 0.1) is 5.92 Å². The number of nitrogens with zero attached hydrogens (tertiary/aromatic N) is 1. The molecular formula is C9H13NOS2. The van der Waals surface area contributed by atoms with E-state index in [0.717, 1.165) is 16.6 Å². The molecule has 0 aromatic rings. The molecule has 1 aliphatic heterocycles. The highest BCUT2D eigenvalue weighted by Gasteiger charge is 2.24. The van der Waals surface area contributed by atoms with Crippen molar-refractivity contribution >= 4 is 34.2 Å². The Labute approximate surface area is 88.4 Å². The van der Waals surface area contributed by atoms with Gasteiger partial charge in [0, 0.05) is 18.7 Å². The normalized spacial score (nSPS) is 18.8. The van der Waals surface area contributed by atoms with Crippen molar-refractivity contribution in [2.24, 2.45) is 5.92 Å². The second-order valence-corrected chi connectivity index (χ2v) is 4.81. The number of rotatable bonds is 3. The SMILES string of the molecule is C=C[C@H](C)CC(=O)N1CCSC1=S. The fourth-order valence-corrected chi connectivity index (χ4v) is 2.33. The number of thioether (sulfide) groups is 1. The summed E-state index contributed by atoms with van der Waals surface area (Å²) in [5.41, 5.74) is 0. The summed E-state index contributed by atoms with van der Waals surface area (Å²) in [7, 11) is 0. The van der Waals surface area contributed by atoms with Gasteiger partial charge in [-0.25, -0.2) is 0 Å². The molecule has 1 heterocycles. The molecule has 0 N–H and O–H groups in total. The van der Waals surface area contributed by atoms with Gasteiger partial charge in [0.15, 0.2) is 0 Å². The minimum atomic E-state index is 0.127. The Morgan fingerprint density at radius 2 is 2.62 bits per heavy atom. The van der Waals surface area contributed by atoms with Crippen LogP contribution in [0.5, 0.6) is 0 Å². The van der Waals surface area contributed by atoms with Crippen LogP contribution in [0.2, 0.25) is 0 Å². The molecule has 1 rings (SSSR count). The zero-order valence-electron chi connectivity index (χ0n) is 7.66. The molecule has 72 valence electrons. The number of hydrogen-bond acceptors (Lipinski definition) is 3. The molecule has 0 bridgehead atoms. The average Bonchev–Trinajstić information content (AvgIpc) is 2.51. The van der Waals surface area contributed by atoms with Crippen LogP contribution >= 0.6 is 24.0 Å². The van der Waals surface area contributed by atoms with Gasteiger partial charge in [-0.3, -0.25) is 9.69 Å². The fraction of sp³-hybridized carbons (Fsp3) is 0.556. The van der Waals surface area contributed by atoms with Crippen LogP contribution in [-0.4, -0.2) is 27.4 Å². The van der Waals surface area contributed by atoms with Crippen molar-refractivity contribution in [1.29, 1.82) is 0 Å². The molecule has 0 spiro atoms. The maximum atomic E-state index is 11.6. The van der Waals surface area contributed by atoms with Gasteiger partial charge in [-0.1, -0.05) is 37.0 Å². The van der Waals surface area contributed by atoms with Crippen molar-refractivity contribution < 1.29 is 4.79 Å². The van der Waals surface area contributed by atoms with Crippen molar-refractivity contribution in [3.8, 4) is 0 Å². The third-order valence-electron chi connectivity index (χ3n) is 1.96. The third kappa shape index (κ3) is 2.81. The van der Waals surface area contributed by atoms with Gasteiger partial charge in [0.1, 0.15) is 4.32 Å². The molecule has 0 aliphatic carbocycles. The van der Waals surface area contributed by atoms with E-state index in [0.29, 0.717) is 6.42 Å². The first kappa shape index (κ1) is 10.7. The number of allylic oxidation sites excluding steroid dienone is 1. The van der Waals surface area contributed by atoms with E-state index in [1.807, 2.05) is 6.92 Å². The molecule has 0 saturated carbocycles. The van der Waals surface area contributed by atoms with Gasteiger partial charge >= 0.3 is 0 Å². The summed E-state index contributed by atoms with van der Waals surface area (Å²) in [4.78, 5) is 13.3. The molecule has 0 unspecified atom stereocenters. The lowest BCUT2D eigenvalue weighted by Gasteiger charge is -2.15. The topological polar surface area (TPSA) is 20.3 Å². The monoisotopic (exact) mass is 215 g/mol. The minimum Gasteiger partial charge on any atom is -0.297 e. The van der Waals surface area contributed by atoms with E-state index in [2.05, 4.69) is 6.58 Å². The Hall–Kier alpha value is -0.350. The summed E-state index contributed by atoms with van der Waals surface area (Å²) in [6.45, 7) is 6.40. The summed E-state index contributed by atoms with van der Waals surface area (Å²) < 4.78 is 0.723. The Morgan fingerprint density at radius 1 is 1.92 bits per heavy atom. The summed E-state index contributed by atoms with van der Waals surface area (Å²) in [6, 6.07) is 0. The number of thiocarbonyl (C=S) groups is 1. The third-order valence-corrected chi connectivity index (χ3v) is 3.39. The van der Waals surface area contributed by atoms with Crippen LogP contribution in [0.4, 0.5) is 0 Å². The quantitative estimate of drug-likeness (QED) is 0.531. The predicted octanol–water partition coefficient (Wildman–Crippen LogP) is 2.06. The largest absolute Gasteiger partial charge is 0.297 e. The summed E-state index contributed by atoms with van der Waals surface area (Å²) in [5.74, 6) is 1.30. The van der Waals surface area contributed by atoms with Gasteiger partial charge in [-0.05, 0) is 5.92 Å². The van der Waals surface area contributed by atoms with E-state index in [-0.39, 0.29) is 11.8 Å². The first-order chi connectivity index (χ1) is 6.15. The maximum absolute atomic E-state index is 11.6. The Balaban J connectivity index is 2.47. The molecule has 1 amide bonds. The first-order valence-electron chi connectivity index (χ1n) is 4.25. The van der Waals surface area contributed by atoms with Crippen LogP contribution in [0.1, 0.15) is 13.3 Å². The highest BCUT2D eigenvalue weighted by atomic mass is 32.2. The molecule has 1 saturated heterocycles. The van der Waals surface area contributed by atoms with Crippen molar-refractivity contribution in [3.05, 3.63) is 12.7 Å². The Bertz CT molecular complexity index is 240. The lowest BCUT2D eigenvalue weighted by molar-refractivity contribution is -0.127. The van der Waals surface area contributed by atoms with E-state index in [1.165, 1.54) is 0 Å². The second kappa shape index (κ2) is 4.77. The van der Waals surface area contributed by atoms with Gasteiger partial charge < -0.3 is 0 Å². The zero-order valence-corrected chi connectivity index (χ0v) is 9.29. The minimum absolute atomic E-state index is 0.127. The van der Waals surface area contributed by atoms with E-state index < -0.39 is 0 Å². The summed E-state index contributed by atoms with van der Waals surface area (Å²) >= 11 is 6.63. The van der Waals surface area contributed by atoms with Crippen molar-refractivity contribution in [1.82, 2.24) is 4.90 Å². The van der Waals surface area contributed by atoms with E-state index in [1.54, 1.807) is 22.7 Å². The van der Waals surface area contributed by atoms with Crippen LogP contribution in [0.25, 0.3) is 0 Å². The van der Waals surface area contributed by atoms with Gasteiger partial charge in [0.2, 0.25) is 5.91 Å². The predicted molar refractivity (Wildman–Crippen MR) is 60.7 cm³/mol. The number of amides is 1. The van der Waals surface area contributed by atoms with Gasteiger partial charge in [-0.2, -0.15) is 0 Å². The average molecular weight is 215 g/mol. The lowest BCUT2D eigenvalue weighted by Crippen LogP contribution is -2.31.